The highest BCUT2D eigenvalue weighted by molar-refractivity contribution is 5.76. The molecule has 110 valence electrons. The lowest BCUT2D eigenvalue weighted by atomic mass is 10.1. The molecule has 0 saturated carbocycles. The first kappa shape index (κ1) is 14.8. The van der Waals surface area contributed by atoms with E-state index in [1.807, 2.05) is 31.2 Å². The molecule has 1 aromatic carbocycles. The minimum Gasteiger partial charge on any atom is -0.497 e. The molecule has 1 aliphatic rings. The third-order valence-corrected chi connectivity index (χ3v) is 3.46. The zero-order chi connectivity index (χ0) is 14.4. The Kier molecular flexibility index (Phi) is 5.38. The Hall–Kier alpha value is -1.59. The van der Waals surface area contributed by atoms with E-state index in [0.29, 0.717) is 13.2 Å². The van der Waals surface area contributed by atoms with Crippen LogP contribution in [0.5, 0.6) is 5.75 Å². The van der Waals surface area contributed by atoms with Gasteiger partial charge < -0.3 is 14.8 Å². The average Bonchev–Trinajstić information content (AvgIpc) is 2.49. The number of carbonyl (C=O) groups excluding carboxylic acids is 1. The van der Waals surface area contributed by atoms with Gasteiger partial charge in [0, 0.05) is 26.2 Å². The van der Waals surface area contributed by atoms with Gasteiger partial charge in [-0.2, -0.15) is 0 Å². The maximum absolute atomic E-state index is 12.0. The topological polar surface area (TPSA) is 50.8 Å². The van der Waals surface area contributed by atoms with Crippen LogP contribution in [0.1, 0.15) is 12.5 Å². The van der Waals surface area contributed by atoms with Gasteiger partial charge in [-0.15, -0.1) is 0 Å². The third-order valence-electron chi connectivity index (χ3n) is 3.46. The summed E-state index contributed by atoms with van der Waals surface area (Å²) in [5, 5.41) is 3.25. The van der Waals surface area contributed by atoms with Gasteiger partial charge >= 0.3 is 5.97 Å². The second-order valence-electron chi connectivity index (χ2n) is 4.79. The number of esters is 1. The summed E-state index contributed by atoms with van der Waals surface area (Å²) in [5.41, 5.74) is 1.17. The van der Waals surface area contributed by atoms with E-state index in [1.54, 1.807) is 7.11 Å². The number of rotatable bonds is 5. The smallest absolute Gasteiger partial charge is 0.324 e. The number of piperazine rings is 1. The maximum atomic E-state index is 12.0. The Balaban J connectivity index is 2.02. The highest BCUT2D eigenvalue weighted by atomic mass is 16.5. The number of carbonyl (C=O) groups is 1. The molecule has 2 rings (SSSR count). The van der Waals surface area contributed by atoms with E-state index in [2.05, 4.69) is 10.2 Å². The number of benzene rings is 1. The fourth-order valence-electron chi connectivity index (χ4n) is 2.37. The standard InChI is InChI=1S/C15H22N2O3/c1-3-20-15(18)14-10-16-8-9-17(14)11-12-4-6-13(19-2)7-5-12/h4-7,14,16H,3,8-11H2,1-2H3. The first-order chi connectivity index (χ1) is 9.74. The summed E-state index contributed by atoms with van der Waals surface area (Å²) in [5.74, 6) is 0.698. The van der Waals surface area contributed by atoms with E-state index in [0.717, 1.165) is 25.4 Å². The lowest BCUT2D eigenvalue weighted by molar-refractivity contribution is -0.150. The highest BCUT2D eigenvalue weighted by Crippen LogP contribution is 2.15. The number of methoxy groups -OCH3 is 1. The Morgan fingerprint density at radius 1 is 1.40 bits per heavy atom. The molecule has 0 spiro atoms. The summed E-state index contributed by atoms with van der Waals surface area (Å²) in [6, 6.07) is 7.74. The van der Waals surface area contributed by atoms with E-state index in [-0.39, 0.29) is 12.0 Å². The van der Waals surface area contributed by atoms with Crippen LogP contribution in [-0.2, 0) is 16.1 Å². The van der Waals surface area contributed by atoms with Gasteiger partial charge in [-0.1, -0.05) is 12.1 Å². The Morgan fingerprint density at radius 2 is 2.15 bits per heavy atom. The van der Waals surface area contributed by atoms with Crippen molar-refractivity contribution in [2.24, 2.45) is 0 Å². The van der Waals surface area contributed by atoms with E-state index in [1.165, 1.54) is 5.56 Å². The maximum Gasteiger partial charge on any atom is 0.324 e. The molecule has 20 heavy (non-hydrogen) atoms. The molecule has 1 atom stereocenters. The van der Waals surface area contributed by atoms with Gasteiger partial charge in [0.15, 0.2) is 0 Å². The van der Waals surface area contributed by atoms with Crippen LogP contribution in [0.25, 0.3) is 0 Å². The van der Waals surface area contributed by atoms with Gasteiger partial charge in [0.05, 0.1) is 13.7 Å². The Morgan fingerprint density at radius 3 is 2.80 bits per heavy atom. The van der Waals surface area contributed by atoms with Crippen LogP contribution in [0.4, 0.5) is 0 Å². The number of hydrogen-bond donors (Lipinski definition) is 1. The van der Waals surface area contributed by atoms with Crippen LogP contribution in [-0.4, -0.2) is 50.3 Å². The lowest BCUT2D eigenvalue weighted by Crippen LogP contribution is -2.54. The summed E-state index contributed by atoms with van der Waals surface area (Å²) >= 11 is 0. The second-order valence-corrected chi connectivity index (χ2v) is 4.79. The van der Waals surface area contributed by atoms with Crippen LogP contribution in [0.2, 0.25) is 0 Å². The van der Waals surface area contributed by atoms with Gasteiger partial charge in [-0.3, -0.25) is 9.69 Å². The molecule has 1 unspecified atom stereocenters. The minimum atomic E-state index is -0.203. The molecule has 0 aromatic heterocycles. The molecular weight excluding hydrogens is 256 g/mol. The van der Waals surface area contributed by atoms with Crippen molar-refractivity contribution in [1.82, 2.24) is 10.2 Å². The molecule has 0 aliphatic carbocycles. The van der Waals surface area contributed by atoms with Crippen LogP contribution in [0, 0.1) is 0 Å². The highest BCUT2D eigenvalue weighted by Gasteiger charge is 2.29. The lowest BCUT2D eigenvalue weighted by Gasteiger charge is -2.34. The molecule has 0 bridgehead atoms. The summed E-state index contributed by atoms with van der Waals surface area (Å²) in [7, 11) is 1.65. The zero-order valence-corrected chi connectivity index (χ0v) is 12.1. The molecule has 1 fully saturated rings. The fraction of sp³-hybridized carbons (Fsp3) is 0.533. The summed E-state index contributed by atoms with van der Waals surface area (Å²) < 4.78 is 10.3. The van der Waals surface area contributed by atoms with E-state index in [4.69, 9.17) is 9.47 Å². The van der Waals surface area contributed by atoms with Crippen molar-refractivity contribution >= 4 is 5.97 Å². The molecular formula is C15H22N2O3. The van der Waals surface area contributed by atoms with Crippen molar-refractivity contribution in [3.63, 3.8) is 0 Å². The molecule has 1 saturated heterocycles. The molecule has 5 nitrogen and oxygen atoms in total. The van der Waals surface area contributed by atoms with Gasteiger partial charge in [-0.25, -0.2) is 0 Å². The average molecular weight is 278 g/mol. The SMILES string of the molecule is CCOC(=O)C1CNCCN1Cc1ccc(OC)cc1. The van der Waals surface area contributed by atoms with Crippen LogP contribution >= 0.6 is 0 Å². The van der Waals surface area contributed by atoms with Crippen molar-refractivity contribution in [3.05, 3.63) is 29.8 Å². The number of ether oxygens (including phenoxy) is 2. The van der Waals surface area contributed by atoms with Crippen molar-refractivity contribution in [2.45, 2.75) is 19.5 Å². The number of hydrogen-bond acceptors (Lipinski definition) is 5. The van der Waals surface area contributed by atoms with Crippen molar-refractivity contribution in [1.29, 1.82) is 0 Å². The van der Waals surface area contributed by atoms with Gasteiger partial charge in [0.25, 0.3) is 0 Å². The fourth-order valence-corrected chi connectivity index (χ4v) is 2.37. The van der Waals surface area contributed by atoms with E-state index in [9.17, 15) is 4.79 Å². The third kappa shape index (κ3) is 3.71. The molecule has 1 aromatic rings. The first-order valence-electron chi connectivity index (χ1n) is 6.99. The molecule has 1 heterocycles. The van der Waals surface area contributed by atoms with Crippen LogP contribution in [0.3, 0.4) is 0 Å². The first-order valence-corrected chi connectivity index (χ1v) is 6.99. The van der Waals surface area contributed by atoms with Gasteiger partial charge in [0.2, 0.25) is 0 Å². The molecule has 1 N–H and O–H groups in total. The van der Waals surface area contributed by atoms with Gasteiger partial charge in [0.1, 0.15) is 11.8 Å². The second kappa shape index (κ2) is 7.26. The molecule has 0 radical (unpaired) electrons. The van der Waals surface area contributed by atoms with E-state index >= 15 is 0 Å². The largest absolute Gasteiger partial charge is 0.497 e. The van der Waals surface area contributed by atoms with Crippen molar-refractivity contribution in [3.8, 4) is 5.75 Å². The van der Waals surface area contributed by atoms with Crippen LogP contribution < -0.4 is 10.1 Å². The summed E-state index contributed by atoms with van der Waals surface area (Å²) in [6.07, 6.45) is 0. The molecule has 5 heteroatoms. The van der Waals surface area contributed by atoms with E-state index < -0.39 is 0 Å². The Labute approximate surface area is 119 Å². The monoisotopic (exact) mass is 278 g/mol. The zero-order valence-electron chi connectivity index (χ0n) is 12.1. The van der Waals surface area contributed by atoms with Gasteiger partial charge in [-0.05, 0) is 24.6 Å². The summed E-state index contributed by atoms with van der Waals surface area (Å²) in [4.78, 5) is 14.1. The minimum absolute atomic E-state index is 0.145. The predicted molar refractivity (Wildman–Crippen MR) is 76.7 cm³/mol. The normalized spacial score (nSPS) is 19.6. The summed E-state index contributed by atoms with van der Waals surface area (Å²) in [6.45, 7) is 5.39. The Bertz CT molecular complexity index is 433. The van der Waals surface area contributed by atoms with Crippen molar-refractivity contribution in [2.75, 3.05) is 33.4 Å². The molecule has 0 amide bonds. The van der Waals surface area contributed by atoms with Crippen molar-refractivity contribution < 1.29 is 14.3 Å². The number of nitrogens with zero attached hydrogens (tertiary/aromatic N) is 1. The quantitative estimate of drug-likeness (QED) is 0.815. The molecule has 1 aliphatic heterocycles. The number of nitrogens with one attached hydrogen (secondary N) is 1. The predicted octanol–water partition coefficient (Wildman–Crippen LogP) is 1.03. The van der Waals surface area contributed by atoms with Crippen LogP contribution in [0.15, 0.2) is 24.3 Å².